The summed E-state index contributed by atoms with van der Waals surface area (Å²) in [6.45, 7) is 0. The van der Waals surface area contributed by atoms with Gasteiger partial charge < -0.3 is 18.6 Å². The first kappa shape index (κ1) is 39.5. The van der Waals surface area contributed by atoms with E-state index in [0.717, 1.165) is 89.9 Å². The third-order valence-corrected chi connectivity index (χ3v) is 10.9. The van der Waals surface area contributed by atoms with Crippen molar-refractivity contribution >= 4 is 35.7 Å². The molecular formula is C56H46N4O2. The summed E-state index contributed by atoms with van der Waals surface area (Å²) in [5, 5.41) is 0. The van der Waals surface area contributed by atoms with E-state index in [-0.39, 0.29) is 0 Å². The second-order valence-electron chi connectivity index (χ2n) is 15.5. The smallest absolute Gasteiger partial charge is 0.227 e. The number of oxazole rings is 2. The van der Waals surface area contributed by atoms with Crippen molar-refractivity contribution in [2.24, 2.45) is 0 Å². The minimum absolute atomic E-state index is 0.576. The van der Waals surface area contributed by atoms with Crippen LogP contribution in [0.5, 0.6) is 0 Å². The maximum absolute atomic E-state index is 6.61. The molecule has 6 nitrogen and oxygen atoms in total. The third-order valence-electron chi connectivity index (χ3n) is 10.9. The van der Waals surface area contributed by atoms with Gasteiger partial charge in [0, 0.05) is 72.9 Å². The number of hydrogen-bond donors (Lipinski definition) is 0. The predicted octanol–water partition coefficient (Wildman–Crippen LogP) is 14.1. The minimum atomic E-state index is 0.576. The number of nitrogens with zero attached hydrogens (tertiary/aromatic N) is 4. The molecule has 0 aliphatic heterocycles. The molecule has 0 amide bonds. The minimum Gasteiger partial charge on any atom is -0.435 e. The lowest BCUT2D eigenvalue weighted by Gasteiger charge is -2.12. The van der Waals surface area contributed by atoms with Crippen molar-refractivity contribution in [1.82, 2.24) is 9.97 Å². The molecule has 0 aliphatic carbocycles. The third kappa shape index (κ3) is 8.53. The van der Waals surface area contributed by atoms with Crippen LogP contribution in [0.4, 0.5) is 11.4 Å². The molecule has 0 saturated carbocycles. The van der Waals surface area contributed by atoms with Gasteiger partial charge in [-0.2, -0.15) is 0 Å². The van der Waals surface area contributed by atoms with Gasteiger partial charge >= 0.3 is 0 Å². The van der Waals surface area contributed by atoms with Gasteiger partial charge in [0.2, 0.25) is 11.8 Å². The lowest BCUT2D eigenvalue weighted by molar-refractivity contribution is 0.588. The molecular weight excluding hydrogens is 761 g/mol. The molecule has 0 unspecified atom stereocenters. The maximum atomic E-state index is 6.61. The van der Waals surface area contributed by atoms with Crippen LogP contribution in [0, 0.1) is 0 Å². The molecule has 0 saturated heterocycles. The predicted molar refractivity (Wildman–Crippen MR) is 259 cm³/mol. The molecule has 0 radical (unpaired) electrons. The van der Waals surface area contributed by atoms with Crippen molar-refractivity contribution < 1.29 is 8.83 Å². The van der Waals surface area contributed by atoms with E-state index >= 15 is 0 Å². The number of rotatable bonds is 12. The summed E-state index contributed by atoms with van der Waals surface area (Å²) in [5.41, 5.74) is 13.9. The standard InChI is InChI=1S/C56H46N4O2/c1-59(2)47-35-31-43(32-36-47)51-53(45-17-7-5-8-18-45)61-55(57-51)49-21-13-11-15-41(49)29-27-39-23-25-40(26-24-39)28-30-42-16-12-14-22-50(42)56-58-52(44-33-37-48(38-34-44)60(3)4)54(62-56)46-19-9-6-10-20-46/h5-38H,1-4H3. The van der Waals surface area contributed by atoms with E-state index in [4.69, 9.17) is 18.8 Å². The summed E-state index contributed by atoms with van der Waals surface area (Å²) in [6, 6.07) is 62.2. The Morgan fingerprint density at radius 1 is 0.355 bits per heavy atom. The van der Waals surface area contributed by atoms with E-state index in [2.05, 4.69) is 155 Å². The summed E-state index contributed by atoms with van der Waals surface area (Å²) < 4.78 is 13.2. The molecule has 2 aromatic heterocycles. The van der Waals surface area contributed by atoms with Gasteiger partial charge in [0.15, 0.2) is 11.5 Å². The summed E-state index contributed by atoms with van der Waals surface area (Å²) in [5.74, 6) is 2.65. The van der Waals surface area contributed by atoms with Gasteiger partial charge in [0.05, 0.1) is 0 Å². The highest BCUT2D eigenvalue weighted by Crippen LogP contribution is 2.39. The van der Waals surface area contributed by atoms with Crippen molar-refractivity contribution in [3.8, 4) is 68.1 Å². The highest BCUT2D eigenvalue weighted by atomic mass is 16.4. The van der Waals surface area contributed by atoms with Crippen molar-refractivity contribution in [1.29, 1.82) is 0 Å². The summed E-state index contributed by atoms with van der Waals surface area (Å²) in [7, 11) is 8.17. The van der Waals surface area contributed by atoms with Crippen molar-refractivity contribution in [2.45, 2.75) is 0 Å². The van der Waals surface area contributed by atoms with Crippen LogP contribution < -0.4 is 9.80 Å². The first-order chi connectivity index (χ1) is 30.4. The number of aromatic nitrogens is 2. The highest BCUT2D eigenvalue weighted by Gasteiger charge is 2.21. The lowest BCUT2D eigenvalue weighted by Crippen LogP contribution is -2.07. The van der Waals surface area contributed by atoms with Crippen LogP contribution >= 0.6 is 0 Å². The normalized spacial score (nSPS) is 11.4. The zero-order valence-electron chi connectivity index (χ0n) is 35.2. The lowest BCUT2D eigenvalue weighted by atomic mass is 10.0. The first-order valence-corrected chi connectivity index (χ1v) is 20.7. The van der Waals surface area contributed by atoms with Crippen molar-refractivity contribution in [2.75, 3.05) is 38.0 Å². The van der Waals surface area contributed by atoms with Crippen LogP contribution in [0.25, 0.3) is 92.4 Å². The SMILES string of the molecule is CN(C)c1ccc(-c2nc(-c3ccccc3C=Cc3ccc(C=Cc4ccccc4-c4nc(-c5ccc(N(C)C)cc5)c(-c5ccccc5)o4)cc3)oc2-c2ccccc2)cc1. The van der Waals surface area contributed by atoms with Gasteiger partial charge in [-0.1, -0.05) is 170 Å². The summed E-state index contributed by atoms with van der Waals surface area (Å²) >= 11 is 0. The zero-order valence-corrected chi connectivity index (χ0v) is 35.2. The molecule has 9 rings (SSSR count). The van der Waals surface area contributed by atoms with Gasteiger partial charge in [-0.15, -0.1) is 0 Å². The van der Waals surface area contributed by atoms with E-state index in [1.165, 1.54) is 0 Å². The molecule has 0 atom stereocenters. The Hall–Kier alpha value is -7.96. The molecule has 0 N–H and O–H groups in total. The molecule has 62 heavy (non-hydrogen) atoms. The quantitative estimate of drug-likeness (QED) is 0.115. The molecule has 0 bridgehead atoms. The second-order valence-corrected chi connectivity index (χ2v) is 15.5. The van der Waals surface area contributed by atoms with Crippen LogP contribution in [0.15, 0.2) is 191 Å². The van der Waals surface area contributed by atoms with Crippen LogP contribution in [-0.4, -0.2) is 38.2 Å². The molecule has 7 aromatic carbocycles. The largest absolute Gasteiger partial charge is 0.435 e. The van der Waals surface area contributed by atoms with Gasteiger partial charge in [0.25, 0.3) is 0 Å². The van der Waals surface area contributed by atoms with Crippen LogP contribution in [-0.2, 0) is 0 Å². The number of anilines is 2. The summed E-state index contributed by atoms with van der Waals surface area (Å²) in [6.07, 6.45) is 8.50. The van der Waals surface area contributed by atoms with E-state index in [1.54, 1.807) is 0 Å². The Morgan fingerprint density at radius 3 is 1.08 bits per heavy atom. The molecule has 0 fully saturated rings. The molecule has 9 aromatic rings. The van der Waals surface area contributed by atoms with Crippen LogP contribution in [0.2, 0.25) is 0 Å². The van der Waals surface area contributed by atoms with Crippen molar-refractivity contribution in [3.05, 3.63) is 204 Å². The second kappa shape index (κ2) is 17.7. The van der Waals surface area contributed by atoms with Gasteiger partial charge in [-0.25, -0.2) is 9.97 Å². The zero-order chi connectivity index (χ0) is 42.4. The molecule has 0 spiro atoms. The Kier molecular flexibility index (Phi) is 11.3. The first-order valence-electron chi connectivity index (χ1n) is 20.7. The molecule has 0 aliphatic rings. The van der Waals surface area contributed by atoms with E-state index in [9.17, 15) is 0 Å². The van der Waals surface area contributed by atoms with E-state index < -0.39 is 0 Å². The Morgan fingerprint density at radius 2 is 0.710 bits per heavy atom. The number of benzene rings is 7. The summed E-state index contributed by atoms with van der Waals surface area (Å²) in [4.78, 5) is 14.4. The molecule has 2 heterocycles. The fourth-order valence-corrected chi connectivity index (χ4v) is 7.43. The average Bonchev–Trinajstić information content (AvgIpc) is 3.98. The topological polar surface area (TPSA) is 58.5 Å². The Balaban J connectivity index is 0.967. The van der Waals surface area contributed by atoms with E-state index in [1.807, 2.05) is 88.9 Å². The van der Waals surface area contributed by atoms with Gasteiger partial charge in [-0.3, -0.25) is 0 Å². The number of hydrogen-bond acceptors (Lipinski definition) is 6. The average molecular weight is 807 g/mol. The maximum Gasteiger partial charge on any atom is 0.227 e. The van der Waals surface area contributed by atoms with Crippen LogP contribution in [0.3, 0.4) is 0 Å². The Bertz CT molecular complexity index is 2770. The molecule has 302 valence electrons. The van der Waals surface area contributed by atoms with Gasteiger partial charge in [-0.05, 0) is 58.7 Å². The molecule has 6 heteroatoms. The van der Waals surface area contributed by atoms with Crippen LogP contribution in [0.1, 0.15) is 22.3 Å². The monoisotopic (exact) mass is 806 g/mol. The highest BCUT2D eigenvalue weighted by molar-refractivity contribution is 5.85. The fourth-order valence-electron chi connectivity index (χ4n) is 7.43. The van der Waals surface area contributed by atoms with Crippen molar-refractivity contribution in [3.63, 3.8) is 0 Å². The van der Waals surface area contributed by atoms with Gasteiger partial charge in [0.1, 0.15) is 11.4 Å². The fraction of sp³-hybridized carbons (Fsp3) is 0.0714. The van der Waals surface area contributed by atoms with E-state index in [0.29, 0.717) is 11.8 Å². The Labute approximate surface area is 363 Å².